The molecule has 5 nitrogen and oxygen atoms in total. The predicted molar refractivity (Wildman–Crippen MR) is 77.6 cm³/mol. The molecular formula is C14H15N3O2. The first kappa shape index (κ1) is 12.9. The number of nitrogens with zero attached hydrogens (tertiary/aromatic N) is 1. The number of carbonyl (C=O) groups excluding carboxylic acids is 1. The first-order valence-electron chi connectivity index (χ1n) is 5.79. The van der Waals surface area contributed by atoms with E-state index in [0.717, 1.165) is 22.1 Å². The van der Waals surface area contributed by atoms with E-state index in [0.29, 0.717) is 12.4 Å². The van der Waals surface area contributed by atoms with Gasteiger partial charge in [0, 0.05) is 18.1 Å². The molecule has 98 valence electrons. The lowest BCUT2D eigenvalue weighted by Crippen LogP contribution is -2.13. The number of ether oxygens (including phenoxy) is 1. The number of benzene rings is 2. The number of methoxy groups -OCH3 is 1. The molecule has 0 unspecified atom stereocenters. The molecule has 0 atom stereocenters. The van der Waals surface area contributed by atoms with Gasteiger partial charge in [-0.05, 0) is 23.6 Å². The van der Waals surface area contributed by atoms with Crippen molar-refractivity contribution in [2.45, 2.75) is 0 Å². The van der Waals surface area contributed by atoms with Crippen LogP contribution in [0.25, 0.3) is 10.8 Å². The number of amides is 1. The van der Waals surface area contributed by atoms with Gasteiger partial charge in [0.2, 0.25) is 6.41 Å². The van der Waals surface area contributed by atoms with Gasteiger partial charge < -0.3 is 15.4 Å². The molecule has 0 bridgehead atoms. The van der Waals surface area contributed by atoms with Gasteiger partial charge >= 0.3 is 0 Å². The molecule has 0 aliphatic rings. The largest absolute Gasteiger partial charge is 0.468 e. The van der Waals surface area contributed by atoms with Gasteiger partial charge in [0.15, 0.2) is 0 Å². The quantitative estimate of drug-likeness (QED) is 0.504. The summed E-state index contributed by atoms with van der Waals surface area (Å²) in [5.41, 5.74) is 1.61. The molecule has 0 saturated heterocycles. The average Bonchev–Trinajstić information content (AvgIpc) is 2.45. The number of fused-ring (bicyclic) bond motifs is 1. The number of carbonyl (C=O) groups is 1. The summed E-state index contributed by atoms with van der Waals surface area (Å²) in [4.78, 5) is 14.5. The van der Waals surface area contributed by atoms with Crippen molar-refractivity contribution in [3.05, 3.63) is 36.4 Å². The third-order valence-electron chi connectivity index (χ3n) is 2.75. The van der Waals surface area contributed by atoms with Crippen LogP contribution in [-0.2, 0) is 9.53 Å². The van der Waals surface area contributed by atoms with Gasteiger partial charge in [-0.15, -0.1) is 0 Å². The van der Waals surface area contributed by atoms with Crippen LogP contribution < -0.4 is 10.6 Å². The van der Waals surface area contributed by atoms with Crippen LogP contribution in [0.3, 0.4) is 0 Å². The first-order chi connectivity index (χ1) is 9.28. The first-order valence-corrected chi connectivity index (χ1v) is 5.79. The molecule has 0 saturated carbocycles. The maximum absolute atomic E-state index is 10.5. The Morgan fingerprint density at radius 3 is 2.84 bits per heavy atom. The highest BCUT2D eigenvalue weighted by Gasteiger charge is 2.04. The van der Waals surface area contributed by atoms with E-state index in [4.69, 9.17) is 4.74 Å². The normalized spacial score (nSPS) is 11.2. The van der Waals surface area contributed by atoms with Crippen molar-refractivity contribution in [3.8, 4) is 0 Å². The molecule has 0 aliphatic heterocycles. The van der Waals surface area contributed by atoms with E-state index < -0.39 is 0 Å². The molecule has 2 rings (SSSR count). The number of nitrogens with one attached hydrogen (secondary N) is 2. The minimum atomic E-state index is 0.432. The van der Waals surface area contributed by atoms with E-state index in [9.17, 15) is 4.79 Å². The monoisotopic (exact) mass is 257 g/mol. The maximum Gasteiger partial charge on any atom is 0.288 e. The number of amidine groups is 1. The number of aliphatic imine (C=N–C) groups is 1. The van der Waals surface area contributed by atoms with Gasteiger partial charge in [-0.2, -0.15) is 0 Å². The van der Waals surface area contributed by atoms with Crippen molar-refractivity contribution in [2.24, 2.45) is 4.99 Å². The van der Waals surface area contributed by atoms with Crippen molar-refractivity contribution in [2.75, 3.05) is 24.8 Å². The molecule has 0 aromatic heterocycles. The summed E-state index contributed by atoms with van der Waals surface area (Å²) >= 11 is 0. The van der Waals surface area contributed by atoms with Crippen LogP contribution in [0.15, 0.2) is 41.4 Å². The summed E-state index contributed by atoms with van der Waals surface area (Å²) < 4.78 is 5.10. The summed E-state index contributed by atoms with van der Waals surface area (Å²) in [5, 5.41) is 7.78. The minimum absolute atomic E-state index is 0.432. The summed E-state index contributed by atoms with van der Waals surface area (Å²) in [6.07, 6.45) is 0.658. The Morgan fingerprint density at radius 2 is 2.16 bits per heavy atom. The third-order valence-corrected chi connectivity index (χ3v) is 2.75. The second-order valence-electron chi connectivity index (χ2n) is 3.86. The average molecular weight is 257 g/mol. The molecule has 0 heterocycles. The van der Waals surface area contributed by atoms with E-state index in [2.05, 4.69) is 15.6 Å². The Balaban J connectivity index is 2.47. The molecule has 1 amide bonds. The van der Waals surface area contributed by atoms with Crippen LogP contribution in [0.2, 0.25) is 0 Å². The van der Waals surface area contributed by atoms with Gasteiger partial charge in [-0.1, -0.05) is 18.2 Å². The molecule has 5 heteroatoms. The second-order valence-corrected chi connectivity index (χ2v) is 3.86. The van der Waals surface area contributed by atoms with Gasteiger partial charge in [-0.25, -0.2) is 4.99 Å². The molecule has 2 aromatic carbocycles. The van der Waals surface area contributed by atoms with Crippen molar-refractivity contribution in [3.63, 3.8) is 0 Å². The van der Waals surface area contributed by atoms with E-state index in [-0.39, 0.29) is 0 Å². The highest BCUT2D eigenvalue weighted by atomic mass is 16.5. The molecule has 0 fully saturated rings. The maximum atomic E-state index is 10.5. The van der Waals surface area contributed by atoms with Crippen LogP contribution in [0.5, 0.6) is 0 Å². The lowest BCUT2D eigenvalue weighted by molar-refractivity contribution is -0.105. The van der Waals surface area contributed by atoms with Crippen molar-refractivity contribution in [1.82, 2.24) is 0 Å². The minimum Gasteiger partial charge on any atom is -0.468 e. The topological polar surface area (TPSA) is 62.7 Å². The van der Waals surface area contributed by atoms with E-state index >= 15 is 0 Å². The smallest absolute Gasteiger partial charge is 0.288 e. The zero-order chi connectivity index (χ0) is 13.7. The highest BCUT2D eigenvalue weighted by Crippen LogP contribution is 2.26. The molecule has 2 N–H and O–H groups in total. The SMILES string of the molecule is CN=C(Nc1cccc2ccc(NC=O)cc12)OC. The van der Waals surface area contributed by atoms with Crippen molar-refractivity contribution >= 4 is 34.6 Å². The Bertz CT molecular complexity index is 623. The van der Waals surface area contributed by atoms with Gasteiger partial charge in [0.25, 0.3) is 6.02 Å². The Morgan fingerprint density at radius 1 is 1.32 bits per heavy atom. The third kappa shape index (κ3) is 2.82. The number of hydrogen-bond acceptors (Lipinski definition) is 3. The standard InChI is InChI=1S/C14H15N3O2/c1-15-14(19-2)17-13-5-3-4-10-6-7-11(16-9-18)8-12(10)13/h3-9H,1-2H3,(H,15,17)(H,16,18). The van der Waals surface area contributed by atoms with Gasteiger partial charge in [-0.3, -0.25) is 4.79 Å². The fourth-order valence-corrected chi connectivity index (χ4v) is 1.85. The zero-order valence-corrected chi connectivity index (χ0v) is 10.8. The fraction of sp³-hybridized carbons (Fsp3) is 0.143. The van der Waals surface area contributed by atoms with Gasteiger partial charge in [0.1, 0.15) is 0 Å². The van der Waals surface area contributed by atoms with Crippen LogP contribution in [-0.4, -0.2) is 26.6 Å². The molecule has 0 radical (unpaired) electrons. The second kappa shape index (κ2) is 5.86. The fourth-order valence-electron chi connectivity index (χ4n) is 1.85. The van der Waals surface area contributed by atoms with Crippen molar-refractivity contribution in [1.29, 1.82) is 0 Å². The van der Waals surface area contributed by atoms with Crippen LogP contribution in [0.4, 0.5) is 11.4 Å². The highest BCUT2D eigenvalue weighted by molar-refractivity contribution is 6.03. The van der Waals surface area contributed by atoms with Gasteiger partial charge in [0.05, 0.1) is 12.8 Å². The van der Waals surface area contributed by atoms with E-state index in [1.165, 1.54) is 0 Å². The molecule has 0 spiro atoms. The lowest BCUT2D eigenvalue weighted by atomic mass is 10.1. The van der Waals surface area contributed by atoms with E-state index in [1.54, 1.807) is 14.2 Å². The number of hydrogen-bond donors (Lipinski definition) is 2. The van der Waals surface area contributed by atoms with E-state index in [1.807, 2.05) is 36.4 Å². The Kier molecular flexibility index (Phi) is 3.97. The Hall–Kier alpha value is -2.56. The summed E-state index contributed by atoms with van der Waals surface area (Å²) in [6.45, 7) is 0. The summed E-state index contributed by atoms with van der Waals surface area (Å²) in [7, 11) is 3.20. The predicted octanol–water partition coefficient (Wildman–Crippen LogP) is 2.45. The lowest BCUT2D eigenvalue weighted by Gasteiger charge is -2.11. The van der Waals surface area contributed by atoms with Crippen LogP contribution >= 0.6 is 0 Å². The summed E-state index contributed by atoms with van der Waals surface area (Å²) in [5.74, 6) is 0. The Labute approximate surface area is 111 Å². The molecule has 19 heavy (non-hydrogen) atoms. The number of anilines is 2. The molecular weight excluding hydrogens is 242 g/mol. The van der Waals surface area contributed by atoms with Crippen molar-refractivity contribution < 1.29 is 9.53 Å². The van der Waals surface area contributed by atoms with Crippen LogP contribution in [0.1, 0.15) is 0 Å². The number of rotatable bonds is 3. The summed E-state index contributed by atoms with van der Waals surface area (Å²) in [6, 6.07) is 12.0. The zero-order valence-electron chi connectivity index (χ0n) is 10.8. The molecule has 2 aromatic rings. The molecule has 0 aliphatic carbocycles. The van der Waals surface area contributed by atoms with Crippen LogP contribution in [0, 0.1) is 0 Å².